The van der Waals surface area contributed by atoms with Crippen molar-refractivity contribution in [2.45, 2.75) is 118 Å². The molecule has 3 fully saturated rings. The molecule has 0 aromatic heterocycles. The second-order valence-electron chi connectivity index (χ2n) is 14.3. The summed E-state index contributed by atoms with van der Waals surface area (Å²) in [5.41, 5.74) is 2.66. The van der Waals surface area contributed by atoms with Crippen LogP contribution >= 0.6 is 0 Å². The Morgan fingerprint density at radius 2 is 1.79 bits per heavy atom. The lowest BCUT2D eigenvalue weighted by atomic mass is 9.48. The Bertz CT molecular complexity index is 848. The molecule has 3 saturated carbocycles. The third kappa shape index (κ3) is 7.03. The summed E-state index contributed by atoms with van der Waals surface area (Å²) in [5, 5.41) is 0. The summed E-state index contributed by atoms with van der Waals surface area (Å²) in [6.07, 6.45) is 20.3. The standard InChI is InChI=1S/C35H58O4/c1-7-33(36)39-24-22-37-21-23-38-28-13-11-27-12-14-29-31-16-15-30(26(4)10-8-9-25(2)3)35(31,6)20-18-32(29)34(27,5)19-17-28/h7,12,25-26,28-32H,1,8-11,13-24H2,2-6H3/t26?,28?,29?,30?,31?,32?,34-,35+/m1/s1. The van der Waals surface area contributed by atoms with E-state index < -0.39 is 5.97 Å². The number of hydrogen-bond acceptors (Lipinski definition) is 4. The molecule has 0 spiro atoms. The summed E-state index contributed by atoms with van der Waals surface area (Å²) in [6, 6.07) is 0. The van der Waals surface area contributed by atoms with Crippen LogP contribution in [0.2, 0.25) is 0 Å². The van der Waals surface area contributed by atoms with E-state index in [9.17, 15) is 4.79 Å². The Morgan fingerprint density at radius 1 is 1.00 bits per heavy atom. The molecular formula is C35H58O4. The molecule has 39 heavy (non-hydrogen) atoms. The van der Waals surface area contributed by atoms with Gasteiger partial charge in [0.25, 0.3) is 0 Å². The van der Waals surface area contributed by atoms with Crippen molar-refractivity contribution in [1.29, 1.82) is 0 Å². The molecule has 0 amide bonds. The first-order valence-electron chi connectivity index (χ1n) is 16.4. The first-order chi connectivity index (χ1) is 18.7. The van der Waals surface area contributed by atoms with Crippen molar-refractivity contribution in [3.63, 3.8) is 0 Å². The van der Waals surface area contributed by atoms with E-state index in [1.165, 1.54) is 70.3 Å². The third-order valence-electron chi connectivity index (χ3n) is 11.8. The van der Waals surface area contributed by atoms with E-state index >= 15 is 0 Å². The van der Waals surface area contributed by atoms with Gasteiger partial charge in [0.1, 0.15) is 6.61 Å². The molecule has 4 nitrogen and oxygen atoms in total. The van der Waals surface area contributed by atoms with Crippen molar-refractivity contribution in [2.75, 3.05) is 26.4 Å². The summed E-state index contributed by atoms with van der Waals surface area (Å²) in [7, 11) is 0. The first-order valence-corrected chi connectivity index (χ1v) is 16.4. The second-order valence-corrected chi connectivity index (χ2v) is 14.3. The topological polar surface area (TPSA) is 44.8 Å². The van der Waals surface area contributed by atoms with Crippen molar-refractivity contribution in [3.8, 4) is 0 Å². The van der Waals surface area contributed by atoms with E-state index in [1.807, 2.05) is 0 Å². The predicted molar refractivity (Wildman–Crippen MR) is 159 cm³/mol. The van der Waals surface area contributed by atoms with Gasteiger partial charge < -0.3 is 14.2 Å². The van der Waals surface area contributed by atoms with Crippen molar-refractivity contribution in [3.05, 3.63) is 24.3 Å². The Labute approximate surface area is 239 Å². The fourth-order valence-corrected chi connectivity index (χ4v) is 9.64. The van der Waals surface area contributed by atoms with E-state index in [-0.39, 0.29) is 6.61 Å². The summed E-state index contributed by atoms with van der Waals surface area (Å²) < 4.78 is 16.8. The largest absolute Gasteiger partial charge is 0.460 e. The number of ether oxygens (including phenoxy) is 3. The van der Waals surface area contributed by atoms with Crippen molar-refractivity contribution < 1.29 is 19.0 Å². The van der Waals surface area contributed by atoms with Crippen molar-refractivity contribution in [2.24, 2.45) is 46.3 Å². The van der Waals surface area contributed by atoms with Gasteiger partial charge in [0.2, 0.25) is 0 Å². The Balaban J connectivity index is 1.28. The smallest absolute Gasteiger partial charge is 0.330 e. The fourth-order valence-electron chi connectivity index (χ4n) is 9.64. The molecule has 4 rings (SSSR count). The minimum absolute atomic E-state index is 0.265. The van der Waals surface area contributed by atoms with E-state index in [1.54, 1.807) is 5.57 Å². The zero-order valence-electron chi connectivity index (χ0n) is 25.8. The summed E-state index contributed by atoms with van der Waals surface area (Å²) in [5.74, 6) is 4.89. The average molecular weight is 543 g/mol. The molecule has 8 atom stereocenters. The van der Waals surface area contributed by atoms with Crippen LogP contribution in [0.15, 0.2) is 24.3 Å². The van der Waals surface area contributed by atoms with E-state index in [0.717, 1.165) is 48.3 Å². The lowest BCUT2D eigenvalue weighted by Gasteiger charge is -2.57. The van der Waals surface area contributed by atoms with E-state index in [4.69, 9.17) is 14.2 Å². The van der Waals surface area contributed by atoms with Crippen LogP contribution in [0.3, 0.4) is 0 Å². The van der Waals surface area contributed by atoms with Crippen molar-refractivity contribution >= 4 is 5.97 Å². The number of carbonyl (C=O) groups excluding carboxylic acids is 1. The minimum Gasteiger partial charge on any atom is -0.460 e. The Kier molecular flexibility index (Phi) is 10.8. The van der Waals surface area contributed by atoms with Gasteiger partial charge >= 0.3 is 5.97 Å². The molecule has 4 aliphatic carbocycles. The monoisotopic (exact) mass is 542 g/mol. The quantitative estimate of drug-likeness (QED) is 0.101. The SMILES string of the molecule is C=CC(=O)OCCOCCOC1CCC2=CCC3C4CCC(C(C)CCCC(C)C)[C@]4(C)CCC3[C@]2(C)CC1. The lowest BCUT2D eigenvalue weighted by Crippen LogP contribution is -2.49. The van der Waals surface area contributed by atoms with Gasteiger partial charge in [-0.05, 0) is 104 Å². The molecule has 0 heterocycles. The highest BCUT2D eigenvalue weighted by Crippen LogP contribution is 2.67. The van der Waals surface area contributed by atoms with Gasteiger partial charge in [0.15, 0.2) is 0 Å². The Hall–Kier alpha value is -1.13. The number of allylic oxidation sites excluding steroid dienone is 2. The normalized spacial score (nSPS) is 36.8. The average Bonchev–Trinajstić information content (AvgIpc) is 3.17. The maximum atomic E-state index is 11.1. The predicted octanol–water partition coefficient (Wildman–Crippen LogP) is 8.55. The molecule has 0 aliphatic heterocycles. The third-order valence-corrected chi connectivity index (χ3v) is 11.8. The fraction of sp³-hybridized carbons (Fsp3) is 0.857. The van der Waals surface area contributed by atoms with Crippen LogP contribution in [0, 0.1) is 46.3 Å². The molecule has 0 N–H and O–H groups in total. The summed E-state index contributed by atoms with van der Waals surface area (Å²) in [6.45, 7) is 17.9. The van der Waals surface area contributed by atoms with Crippen LogP contribution in [-0.4, -0.2) is 38.5 Å². The first kappa shape index (κ1) is 30.8. The van der Waals surface area contributed by atoms with Crippen molar-refractivity contribution in [1.82, 2.24) is 0 Å². The van der Waals surface area contributed by atoms with Gasteiger partial charge in [-0.1, -0.05) is 72.1 Å². The number of carbonyl (C=O) groups is 1. The van der Waals surface area contributed by atoms with Gasteiger partial charge in [0, 0.05) is 6.08 Å². The van der Waals surface area contributed by atoms with Crippen LogP contribution in [0.4, 0.5) is 0 Å². The molecule has 0 aromatic rings. The van der Waals surface area contributed by atoms with Gasteiger partial charge in [-0.2, -0.15) is 0 Å². The number of rotatable bonds is 13. The van der Waals surface area contributed by atoms with Crippen LogP contribution in [0.25, 0.3) is 0 Å². The summed E-state index contributed by atoms with van der Waals surface area (Å²) in [4.78, 5) is 11.1. The molecule has 0 bridgehead atoms. The van der Waals surface area contributed by atoms with E-state index in [0.29, 0.717) is 36.8 Å². The number of esters is 1. The molecule has 4 heteroatoms. The molecule has 4 aliphatic rings. The van der Waals surface area contributed by atoms with Gasteiger partial charge in [-0.25, -0.2) is 4.79 Å². The highest BCUT2D eigenvalue weighted by atomic mass is 16.6. The van der Waals surface area contributed by atoms with Gasteiger partial charge in [0.05, 0.1) is 25.9 Å². The molecule has 0 aromatic carbocycles. The van der Waals surface area contributed by atoms with Crippen LogP contribution in [0.5, 0.6) is 0 Å². The van der Waals surface area contributed by atoms with Crippen LogP contribution < -0.4 is 0 Å². The summed E-state index contributed by atoms with van der Waals surface area (Å²) >= 11 is 0. The molecular weight excluding hydrogens is 484 g/mol. The molecule has 6 unspecified atom stereocenters. The van der Waals surface area contributed by atoms with Crippen LogP contribution in [-0.2, 0) is 19.0 Å². The lowest BCUT2D eigenvalue weighted by molar-refractivity contribution is -0.139. The van der Waals surface area contributed by atoms with Gasteiger partial charge in [-0.3, -0.25) is 0 Å². The van der Waals surface area contributed by atoms with Crippen LogP contribution in [0.1, 0.15) is 112 Å². The molecule has 0 radical (unpaired) electrons. The zero-order valence-corrected chi connectivity index (χ0v) is 25.8. The Morgan fingerprint density at radius 3 is 2.56 bits per heavy atom. The van der Waals surface area contributed by atoms with E-state index in [2.05, 4.69) is 47.3 Å². The van der Waals surface area contributed by atoms with Gasteiger partial charge in [-0.15, -0.1) is 0 Å². The highest BCUT2D eigenvalue weighted by Gasteiger charge is 2.58. The zero-order chi connectivity index (χ0) is 28.0. The number of fused-ring (bicyclic) bond motifs is 5. The molecule has 222 valence electrons. The number of hydrogen-bond donors (Lipinski definition) is 0. The highest BCUT2D eigenvalue weighted by molar-refractivity contribution is 5.81. The maximum absolute atomic E-state index is 11.1. The second kappa shape index (κ2) is 13.7. The minimum atomic E-state index is -0.401. The maximum Gasteiger partial charge on any atom is 0.330 e. The molecule has 0 saturated heterocycles.